The third kappa shape index (κ3) is 7.32. The fraction of sp³-hybridized carbons (Fsp3) is 0.524. The molecule has 0 saturated heterocycles. The standard InChI is InChI=1S/C21H32N4O3/c1-5-17(16-12-23-24-13-16)22-14-19(26)18(11-15-9-7-6-8-10-15)25-20(27)28-21(2,3)4/h6-10,12-13,17-19,22,26H,5,11,14H2,1-4H3,(H,23,24)(H,25,27)/t17?,18-,19+/m0/s1. The average Bonchev–Trinajstić information content (AvgIpc) is 3.15. The van der Waals surface area contributed by atoms with Gasteiger partial charge in [0.05, 0.1) is 18.3 Å². The molecule has 7 heteroatoms. The Morgan fingerprint density at radius 2 is 2.00 bits per heavy atom. The van der Waals surface area contributed by atoms with E-state index in [4.69, 9.17) is 4.74 Å². The van der Waals surface area contributed by atoms with Crippen LogP contribution in [0.25, 0.3) is 0 Å². The van der Waals surface area contributed by atoms with Gasteiger partial charge in [0.25, 0.3) is 0 Å². The lowest BCUT2D eigenvalue weighted by molar-refractivity contribution is 0.0419. The van der Waals surface area contributed by atoms with Gasteiger partial charge in [0.2, 0.25) is 0 Å². The highest BCUT2D eigenvalue weighted by molar-refractivity contribution is 5.68. The van der Waals surface area contributed by atoms with Gasteiger partial charge in [0.15, 0.2) is 0 Å². The molecular weight excluding hydrogens is 356 g/mol. The van der Waals surface area contributed by atoms with E-state index in [2.05, 4.69) is 27.8 Å². The van der Waals surface area contributed by atoms with Crippen LogP contribution in [-0.2, 0) is 11.2 Å². The maximum Gasteiger partial charge on any atom is 0.407 e. The molecule has 0 fully saturated rings. The minimum absolute atomic E-state index is 0.0762. The quantitative estimate of drug-likeness (QED) is 0.529. The molecule has 1 unspecified atom stereocenters. The second-order valence-corrected chi connectivity index (χ2v) is 7.91. The number of aromatic amines is 1. The van der Waals surface area contributed by atoms with Gasteiger partial charge in [-0.2, -0.15) is 5.10 Å². The van der Waals surface area contributed by atoms with Crippen LogP contribution in [0.2, 0.25) is 0 Å². The summed E-state index contributed by atoms with van der Waals surface area (Å²) in [7, 11) is 0. The number of aromatic nitrogens is 2. The third-order valence-corrected chi connectivity index (χ3v) is 4.37. The molecule has 1 heterocycles. The van der Waals surface area contributed by atoms with Crippen LogP contribution in [0.15, 0.2) is 42.7 Å². The Hall–Kier alpha value is -2.38. The number of ether oxygens (including phenoxy) is 1. The summed E-state index contributed by atoms with van der Waals surface area (Å²) in [6, 6.07) is 9.37. The van der Waals surface area contributed by atoms with Crippen molar-refractivity contribution in [2.24, 2.45) is 0 Å². The van der Waals surface area contributed by atoms with E-state index < -0.39 is 23.8 Å². The Labute approximate surface area is 166 Å². The Morgan fingerprint density at radius 1 is 1.29 bits per heavy atom. The van der Waals surface area contributed by atoms with Crippen LogP contribution in [0.4, 0.5) is 4.79 Å². The fourth-order valence-corrected chi connectivity index (χ4v) is 2.96. The molecule has 0 aliphatic carbocycles. The van der Waals surface area contributed by atoms with Crippen molar-refractivity contribution in [3.05, 3.63) is 53.9 Å². The first kappa shape index (κ1) is 21.9. The number of carbonyl (C=O) groups is 1. The van der Waals surface area contributed by atoms with Crippen molar-refractivity contribution in [1.29, 1.82) is 0 Å². The SMILES string of the molecule is CCC(NC[C@@H](O)[C@H](Cc1ccccc1)NC(=O)OC(C)(C)C)c1cn[nH]c1. The van der Waals surface area contributed by atoms with Crippen LogP contribution in [0.1, 0.15) is 51.3 Å². The summed E-state index contributed by atoms with van der Waals surface area (Å²) in [5, 5.41) is 23.8. The van der Waals surface area contributed by atoms with Crippen molar-refractivity contribution >= 4 is 6.09 Å². The van der Waals surface area contributed by atoms with E-state index in [-0.39, 0.29) is 6.04 Å². The Morgan fingerprint density at radius 3 is 2.57 bits per heavy atom. The zero-order valence-corrected chi connectivity index (χ0v) is 17.1. The van der Waals surface area contributed by atoms with Gasteiger partial charge in [-0.25, -0.2) is 4.79 Å². The highest BCUT2D eigenvalue weighted by Crippen LogP contribution is 2.15. The second-order valence-electron chi connectivity index (χ2n) is 7.91. The number of hydrogen-bond acceptors (Lipinski definition) is 5. The van der Waals surface area contributed by atoms with E-state index in [9.17, 15) is 9.90 Å². The maximum atomic E-state index is 12.3. The van der Waals surface area contributed by atoms with Gasteiger partial charge in [-0.05, 0) is 39.2 Å². The molecule has 154 valence electrons. The summed E-state index contributed by atoms with van der Waals surface area (Å²) in [4.78, 5) is 12.3. The predicted octanol–water partition coefficient (Wildman–Crippen LogP) is 2.95. The van der Waals surface area contributed by atoms with Crippen LogP contribution in [0.5, 0.6) is 0 Å². The van der Waals surface area contributed by atoms with Gasteiger partial charge in [0, 0.05) is 24.3 Å². The van der Waals surface area contributed by atoms with Crippen LogP contribution in [-0.4, -0.2) is 45.7 Å². The molecule has 2 rings (SSSR count). The first-order valence-corrected chi connectivity index (χ1v) is 9.72. The zero-order valence-electron chi connectivity index (χ0n) is 17.1. The number of nitrogens with one attached hydrogen (secondary N) is 3. The number of aliphatic hydroxyl groups excluding tert-OH is 1. The van der Waals surface area contributed by atoms with Crippen molar-refractivity contribution in [1.82, 2.24) is 20.8 Å². The van der Waals surface area contributed by atoms with Gasteiger partial charge in [-0.1, -0.05) is 37.3 Å². The number of amides is 1. The molecule has 3 atom stereocenters. The second kappa shape index (κ2) is 10.2. The smallest absolute Gasteiger partial charge is 0.407 e. The number of nitrogens with zero attached hydrogens (tertiary/aromatic N) is 1. The average molecular weight is 389 g/mol. The van der Waals surface area contributed by atoms with Crippen LogP contribution in [0, 0.1) is 0 Å². The Bertz CT molecular complexity index is 698. The molecule has 0 spiro atoms. The topological polar surface area (TPSA) is 99.3 Å². The van der Waals surface area contributed by atoms with Crippen LogP contribution < -0.4 is 10.6 Å². The normalized spacial score (nSPS) is 14.9. The third-order valence-electron chi connectivity index (χ3n) is 4.37. The highest BCUT2D eigenvalue weighted by Gasteiger charge is 2.25. The molecule has 1 aromatic heterocycles. The molecule has 0 saturated carbocycles. The predicted molar refractivity (Wildman–Crippen MR) is 109 cm³/mol. The summed E-state index contributed by atoms with van der Waals surface area (Å²) >= 11 is 0. The van der Waals surface area contributed by atoms with E-state index in [0.717, 1.165) is 17.5 Å². The van der Waals surface area contributed by atoms with Crippen molar-refractivity contribution in [2.75, 3.05) is 6.54 Å². The summed E-state index contributed by atoms with van der Waals surface area (Å²) in [6.45, 7) is 7.84. The Kier molecular flexibility index (Phi) is 8.02. The zero-order chi connectivity index (χ0) is 20.6. The number of rotatable bonds is 9. The first-order valence-electron chi connectivity index (χ1n) is 9.72. The summed E-state index contributed by atoms with van der Waals surface area (Å²) in [6.07, 6.45) is 3.66. The number of benzene rings is 1. The maximum absolute atomic E-state index is 12.3. The van der Waals surface area contributed by atoms with Gasteiger partial charge in [0.1, 0.15) is 5.60 Å². The molecule has 0 aliphatic rings. The van der Waals surface area contributed by atoms with Gasteiger partial charge >= 0.3 is 6.09 Å². The molecule has 0 aliphatic heterocycles. The molecule has 1 aromatic carbocycles. The highest BCUT2D eigenvalue weighted by atomic mass is 16.6. The molecular formula is C21H32N4O3. The van der Waals surface area contributed by atoms with E-state index in [0.29, 0.717) is 13.0 Å². The number of carbonyl (C=O) groups excluding carboxylic acids is 1. The van der Waals surface area contributed by atoms with Crippen LogP contribution >= 0.6 is 0 Å². The lowest BCUT2D eigenvalue weighted by Crippen LogP contribution is -2.50. The first-order chi connectivity index (χ1) is 13.3. The van der Waals surface area contributed by atoms with Gasteiger partial charge < -0.3 is 20.5 Å². The molecule has 2 aromatic rings. The number of hydrogen-bond donors (Lipinski definition) is 4. The molecule has 7 nitrogen and oxygen atoms in total. The van der Waals surface area contributed by atoms with E-state index in [1.54, 1.807) is 6.20 Å². The summed E-state index contributed by atoms with van der Waals surface area (Å²) in [5.41, 5.74) is 1.47. The van der Waals surface area contributed by atoms with Crippen molar-refractivity contribution < 1.29 is 14.6 Å². The summed E-state index contributed by atoms with van der Waals surface area (Å²) in [5.74, 6) is 0. The minimum Gasteiger partial charge on any atom is -0.444 e. The van der Waals surface area contributed by atoms with Crippen molar-refractivity contribution in [3.8, 4) is 0 Å². The number of aliphatic hydroxyl groups is 1. The lowest BCUT2D eigenvalue weighted by atomic mass is 10.0. The summed E-state index contributed by atoms with van der Waals surface area (Å²) < 4.78 is 5.37. The van der Waals surface area contributed by atoms with Crippen molar-refractivity contribution in [2.45, 2.75) is 64.3 Å². The molecule has 4 N–H and O–H groups in total. The molecule has 0 bridgehead atoms. The lowest BCUT2D eigenvalue weighted by Gasteiger charge is -2.28. The van der Waals surface area contributed by atoms with E-state index >= 15 is 0 Å². The minimum atomic E-state index is -0.784. The molecule has 1 amide bonds. The van der Waals surface area contributed by atoms with Gasteiger partial charge in [-0.15, -0.1) is 0 Å². The largest absolute Gasteiger partial charge is 0.444 e. The fourth-order valence-electron chi connectivity index (χ4n) is 2.96. The molecule has 28 heavy (non-hydrogen) atoms. The van der Waals surface area contributed by atoms with Gasteiger partial charge in [-0.3, -0.25) is 5.10 Å². The Balaban J connectivity index is 2.02. The van der Waals surface area contributed by atoms with Crippen molar-refractivity contribution in [3.63, 3.8) is 0 Å². The number of alkyl carbamates (subject to hydrolysis) is 1. The van der Waals surface area contributed by atoms with Crippen LogP contribution in [0.3, 0.4) is 0 Å². The number of H-pyrrole nitrogens is 1. The van der Waals surface area contributed by atoms with E-state index in [1.807, 2.05) is 57.3 Å². The molecule has 0 radical (unpaired) electrons. The van der Waals surface area contributed by atoms with E-state index in [1.165, 1.54) is 0 Å². The monoisotopic (exact) mass is 388 g/mol.